The molecule has 0 aliphatic heterocycles. The van der Waals surface area contributed by atoms with Crippen LogP contribution in [0.2, 0.25) is 0 Å². The lowest BCUT2D eigenvalue weighted by Crippen LogP contribution is -2.49. The Morgan fingerprint density at radius 1 is 1.35 bits per heavy atom. The summed E-state index contributed by atoms with van der Waals surface area (Å²) in [6.07, 6.45) is 0. The number of carbonyl (C=O) groups is 2. The lowest BCUT2D eigenvalue weighted by atomic mass is 10.1. The van der Waals surface area contributed by atoms with Crippen molar-refractivity contribution in [2.75, 3.05) is 7.11 Å². The van der Waals surface area contributed by atoms with Gasteiger partial charge in [-0.3, -0.25) is 4.79 Å². The number of hydrogen-bond donors (Lipinski definition) is 2. The minimum Gasteiger partial charge on any atom is -0.497 e. The van der Waals surface area contributed by atoms with E-state index in [-0.39, 0.29) is 5.69 Å². The Bertz CT molecular complexity index is 752. The molecule has 0 radical (unpaired) electrons. The third-order valence-electron chi connectivity index (χ3n) is 3.37. The Balaban J connectivity index is 2.32. The van der Waals surface area contributed by atoms with Gasteiger partial charge >= 0.3 is 5.97 Å². The number of ether oxygens (including phenoxy) is 1. The van der Waals surface area contributed by atoms with E-state index in [1.807, 2.05) is 0 Å². The molecule has 0 atom stereocenters. The number of amides is 1. The zero-order chi connectivity index (χ0) is 17.2. The van der Waals surface area contributed by atoms with Crippen molar-refractivity contribution in [2.24, 2.45) is 0 Å². The Hall–Kier alpha value is -2.90. The summed E-state index contributed by atoms with van der Waals surface area (Å²) in [4.78, 5) is 23.3. The minimum absolute atomic E-state index is 0.0714. The van der Waals surface area contributed by atoms with Crippen LogP contribution < -0.4 is 10.1 Å². The molecule has 1 amide bonds. The van der Waals surface area contributed by atoms with Crippen molar-refractivity contribution in [3.63, 3.8) is 0 Å². The highest BCUT2D eigenvalue weighted by molar-refractivity contribution is 5.96. The molecule has 0 saturated carbocycles. The third kappa shape index (κ3) is 3.31. The number of benzene rings is 1. The van der Waals surface area contributed by atoms with Gasteiger partial charge in [0.05, 0.1) is 18.5 Å². The average Bonchev–Trinajstić information content (AvgIpc) is 2.88. The van der Waals surface area contributed by atoms with Crippen LogP contribution in [0.15, 0.2) is 24.3 Å². The number of aliphatic carboxylic acids is 1. The normalized spacial score (nSPS) is 11.1. The van der Waals surface area contributed by atoms with Crippen molar-refractivity contribution in [1.82, 2.24) is 20.3 Å². The van der Waals surface area contributed by atoms with Gasteiger partial charge in [0.2, 0.25) is 0 Å². The SMILES string of the molecule is COc1cccc(-n2nnc(C(=O)NC(C)(C)C(=O)O)c2C)c1. The summed E-state index contributed by atoms with van der Waals surface area (Å²) in [6.45, 7) is 4.48. The zero-order valence-corrected chi connectivity index (χ0v) is 13.3. The van der Waals surface area contributed by atoms with Crippen molar-refractivity contribution in [1.29, 1.82) is 0 Å². The van der Waals surface area contributed by atoms with Gasteiger partial charge < -0.3 is 15.2 Å². The maximum absolute atomic E-state index is 12.2. The summed E-state index contributed by atoms with van der Waals surface area (Å²) in [5.41, 5.74) is -0.145. The van der Waals surface area contributed by atoms with Crippen LogP contribution in [-0.2, 0) is 4.79 Å². The van der Waals surface area contributed by atoms with Crippen LogP contribution in [-0.4, -0.2) is 44.6 Å². The molecule has 1 aromatic carbocycles. The van der Waals surface area contributed by atoms with E-state index < -0.39 is 17.4 Å². The molecule has 2 N–H and O–H groups in total. The van der Waals surface area contributed by atoms with Gasteiger partial charge in [-0.25, -0.2) is 9.48 Å². The second-order valence-electron chi connectivity index (χ2n) is 5.52. The summed E-state index contributed by atoms with van der Waals surface area (Å²) in [5, 5.41) is 19.3. The highest BCUT2D eigenvalue weighted by Gasteiger charge is 2.31. The molecule has 0 bridgehead atoms. The van der Waals surface area contributed by atoms with Gasteiger partial charge in [-0.2, -0.15) is 0 Å². The predicted octanol–water partition coefficient (Wildman–Crippen LogP) is 1.18. The van der Waals surface area contributed by atoms with Crippen molar-refractivity contribution in [2.45, 2.75) is 26.3 Å². The van der Waals surface area contributed by atoms with Gasteiger partial charge in [0.15, 0.2) is 5.69 Å². The average molecular weight is 318 g/mol. The summed E-state index contributed by atoms with van der Waals surface area (Å²) in [7, 11) is 1.56. The molecule has 23 heavy (non-hydrogen) atoms. The quantitative estimate of drug-likeness (QED) is 0.857. The lowest BCUT2D eigenvalue weighted by molar-refractivity contribution is -0.143. The van der Waals surface area contributed by atoms with E-state index in [4.69, 9.17) is 9.84 Å². The van der Waals surface area contributed by atoms with Crippen molar-refractivity contribution < 1.29 is 19.4 Å². The van der Waals surface area contributed by atoms with Crippen LogP contribution in [0, 0.1) is 6.92 Å². The molecule has 122 valence electrons. The molecular weight excluding hydrogens is 300 g/mol. The monoisotopic (exact) mass is 318 g/mol. The molecule has 8 nitrogen and oxygen atoms in total. The number of nitrogens with one attached hydrogen (secondary N) is 1. The van der Waals surface area contributed by atoms with E-state index in [1.54, 1.807) is 38.3 Å². The Morgan fingerprint density at radius 2 is 2.04 bits per heavy atom. The summed E-state index contributed by atoms with van der Waals surface area (Å²) >= 11 is 0. The zero-order valence-electron chi connectivity index (χ0n) is 13.3. The fourth-order valence-corrected chi connectivity index (χ4v) is 1.92. The van der Waals surface area contributed by atoms with Crippen molar-refractivity contribution >= 4 is 11.9 Å². The summed E-state index contributed by atoms with van der Waals surface area (Å²) < 4.78 is 6.65. The number of rotatable bonds is 5. The molecule has 2 aromatic rings. The second kappa shape index (κ2) is 6.07. The highest BCUT2D eigenvalue weighted by atomic mass is 16.5. The first kappa shape index (κ1) is 16.5. The van der Waals surface area contributed by atoms with E-state index in [2.05, 4.69) is 15.6 Å². The van der Waals surface area contributed by atoms with E-state index in [1.165, 1.54) is 18.5 Å². The molecule has 0 aliphatic carbocycles. The van der Waals surface area contributed by atoms with Gasteiger partial charge in [-0.15, -0.1) is 5.10 Å². The first-order valence-corrected chi connectivity index (χ1v) is 6.89. The minimum atomic E-state index is -1.40. The third-order valence-corrected chi connectivity index (χ3v) is 3.37. The maximum atomic E-state index is 12.2. The van der Waals surface area contributed by atoms with Gasteiger partial charge in [-0.1, -0.05) is 11.3 Å². The number of carbonyl (C=O) groups excluding carboxylic acids is 1. The molecule has 2 rings (SSSR count). The second-order valence-corrected chi connectivity index (χ2v) is 5.52. The maximum Gasteiger partial charge on any atom is 0.328 e. The van der Waals surface area contributed by atoms with Crippen LogP contribution in [0.5, 0.6) is 5.75 Å². The first-order chi connectivity index (χ1) is 10.8. The molecule has 0 unspecified atom stereocenters. The molecule has 8 heteroatoms. The topological polar surface area (TPSA) is 106 Å². The van der Waals surface area contributed by atoms with E-state index in [0.29, 0.717) is 17.1 Å². The number of nitrogens with zero attached hydrogens (tertiary/aromatic N) is 3. The molecular formula is C15H18N4O4. The molecule has 1 aromatic heterocycles. The van der Waals surface area contributed by atoms with Crippen LogP contribution in [0.3, 0.4) is 0 Å². The lowest BCUT2D eigenvalue weighted by Gasteiger charge is -2.20. The Morgan fingerprint density at radius 3 is 2.65 bits per heavy atom. The van der Waals surface area contributed by atoms with Gasteiger partial charge in [-0.05, 0) is 32.9 Å². The standard InChI is InChI=1S/C15H18N4O4/c1-9-12(13(20)16-15(2,3)14(21)22)17-18-19(9)10-6-5-7-11(8-10)23-4/h5-8H,1-4H3,(H,16,20)(H,21,22). The first-order valence-electron chi connectivity index (χ1n) is 6.89. The van der Waals surface area contributed by atoms with Crippen molar-refractivity contribution in [3.8, 4) is 11.4 Å². The highest BCUT2D eigenvalue weighted by Crippen LogP contribution is 2.18. The largest absolute Gasteiger partial charge is 0.497 e. The molecule has 1 heterocycles. The molecule has 0 spiro atoms. The number of hydrogen-bond acceptors (Lipinski definition) is 5. The van der Waals surface area contributed by atoms with Gasteiger partial charge in [0.1, 0.15) is 11.3 Å². The fraction of sp³-hybridized carbons (Fsp3) is 0.333. The predicted molar refractivity (Wildman–Crippen MR) is 81.8 cm³/mol. The van der Waals surface area contributed by atoms with E-state index >= 15 is 0 Å². The van der Waals surface area contributed by atoms with Gasteiger partial charge in [0.25, 0.3) is 5.91 Å². The van der Waals surface area contributed by atoms with E-state index in [9.17, 15) is 9.59 Å². The van der Waals surface area contributed by atoms with Crippen molar-refractivity contribution in [3.05, 3.63) is 35.7 Å². The van der Waals surface area contributed by atoms with Crippen LogP contribution in [0.25, 0.3) is 5.69 Å². The molecule has 0 fully saturated rings. The van der Waals surface area contributed by atoms with Crippen LogP contribution >= 0.6 is 0 Å². The molecule has 0 aliphatic rings. The number of carboxylic acids is 1. The number of carboxylic acid groups (broad SMARTS) is 1. The van der Waals surface area contributed by atoms with Gasteiger partial charge in [0, 0.05) is 6.07 Å². The number of methoxy groups -OCH3 is 1. The Kier molecular flexibility index (Phi) is 4.35. The number of aromatic nitrogens is 3. The van der Waals surface area contributed by atoms with Crippen LogP contribution in [0.4, 0.5) is 0 Å². The summed E-state index contributed by atoms with van der Waals surface area (Å²) in [5.74, 6) is -1.08. The molecule has 0 saturated heterocycles. The fourth-order valence-electron chi connectivity index (χ4n) is 1.92. The summed E-state index contributed by atoms with van der Waals surface area (Å²) in [6, 6.07) is 7.14. The smallest absolute Gasteiger partial charge is 0.328 e. The Labute approximate surface area is 133 Å². The van der Waals surface area contributed by atoms with Crippen LogP contribution in [0.1, 0.15) is 30.0 Å². The van der Waals surface area contributed by atoms with E-state index in [0.717, 1.165) is 0 Å².